The maximum absolute atomic E-state index is 9.14. The fraction of sp³-hybridized carbons (Fsp3) is 0.174. The maximum Gasteiger partial charge on any atom is 0.216 e. The van der Waals surface area contributed by atoms with Gasteiger partial charge in [-0.1, -0.05) is 12.1 Å². The van der Waals surface area contributed by atoms with Gasteiger partial charge in [-0.3, -0.25) is 4.40 Å². The summed E-state index contributed by atoms with van der Waals surface area (Å²) in [6.07, 6.45) is 7.37. The van der Waals surface area contributed by atoms with E-state index in [0.29, 0.717) is 12.2 Å². The Hall–Kier alpha value is -3.85. The zero-order valence-corrected chi connectivity index (χ0v) is 15.9. The third kappa shape index (κ3) is 2.88. The van der Waals surface area contributed by atoms with Crippen LogP contribution in [0.4, 0.5) is 0 Å². The molecule has 4 aromatic rings. The van der Waals surface area contributed by atoms with Gasteiger partial charge in [0, 0.05) is 22.9 Å². The lowest BCUT2D eigenvalue weighted by Gasteiger charge is -2.19. The molecule has 0 aliphatic carbocycles. The molecule has 142 valence electrons. The second-order valence-corrected chi connectivity index (χ2v) is 6.95. The number of ether oxygens (including phenoxy) is 2. The number of aromatic nitrogens is 3. The lowest BCUT2D eigenvalue weighted by Crippen LogP contribution is -2.10. The first-order valence-corrected chi connectivity index (χ1v) is 9.44. The fourth-order valence-corrected chi connectivity index (χ4v) is 3.83. The molecule has 0 saturated heterocycles. The smallest absolute Gasteiger partial charge is 0.216 e. The van der Waals surface area contributed by atoms with Crippen LogP contribution < -0.4 is 9.47 Å². The van der Waals surface area contributed by atoms with Crippen molar-refractivity contribution in [3.05, 3.63) is 66.2 Å². The number of hydrogen-bond donors (Lipinski definition) is 0. The number of fused-ring (bicyclic) bond motifs is 2. The van der Waals surface area contributed by atoms with Crippen molar-refractivity contribution < 1.29 is 9.47 Å². The molecule has 6 nitrogen and oxygen atoms in total. The summed E-state index contributed by atoms with van der Waals surface area (Å²) in [5, 5.41) is 9.14. The van der Waals surface area contributed by atoms with Crippen molar-refractivity contribution in [1.82, 2.24) is 14.4 Å². The van der Waals surface area contributed by atoms with Gasteiger partial charge in [-0.15, -0.1) is 0 Å². The number of rotatable bonds is 3. The van der Waals surface area contributed by atoms with E-state index in [1.54, 1.807) is 19.6 Å². The van der Waals surface area contributed by atoms with Gasteiger partial charge in [0.25, 0.3) is 0 Å². The molecule has 6 heteroatoms. The summed E-state index contributed by atoms with van der Waals surface area (Å²) in [6, 6.07) is 13.9. The van der Waals surface area contributed by atoms with Gasteiger partial charge in [0.1, 0.15) is 11.3 Å². The van der Waals surface area contributed by atoms with Crippen LogP contribution in [0.25, 0.3) is 27.9 Å². The lowest BCUT2D eigenvalue weighted by atomic mass is 9.97. The van der Waals surface area contributed by atoms with Crippen LogP contribution >= 0.6 is 0 Å². The molecule has 4 heterocycles. The third-order valence-corrected chi connectivity index (χ3v) is 5.24. The van der Waals surface area contributed by atoms with E-state index in [9.17, 15) is 0 Å². The first kappa shape index (κ1) is 17.3. The second kappa shape index (κ2) is 6.95. The molecule has 29 heavy (non-hydrogen) atoms. The molecule has 5 rings (SSSR count). The highest BCUT2D eigenvalue weighted by molar-refractivity contribution is 5.86. The molecule has 1 aromatic carbocycles. The highest BCUT2D eigenvalue weighted by atomic mass is 16.5. The molecule has 0 N–H and O–H groups in total. The van der Waals surface area contributed by atoms with Gasteiger partial charge in [-0.05, 0) is 42.7 Å². The quantitative estimate of drug-likeness (QED) is 0.529. The Kier molecular flexibility index (Phi) is 4.14. The molecule has 1 aliphatic rings. The Bertz CT molecular complexity index is 1250. The van der Waals surface area contributed by atoms with Gasteiger partial charge in [0.15, 0.2) is 0 Å². The SMILES string of the molecule is COc1cc(-c2ccc(C#N)cc2)c(-c2cnc3c(c2)CCCO3)n2cncc12. The molecular weight excluding hydrogens is 364 g/mol. The van der Waals surface area contributed by atoms with Crippen LogP contribution in [-0.4, -0.2) is 28.1 Å². The molecule has 0 unspecified atom stereocenters. The largest absolute Gasteiger partial charge is 0.494 e. The third-order valence-electron chi connectivity index (χ3n) is 5.24. The van der Waals surface area contributed by atoms with Gasteiger partial charge in [0.2, 0.25) is 5.88 Å². The summed E-state index contributed by atoms with van der Waals surface area (Å²) < 4.78 is 13.3. The van der Waals surface area contributed by atoms with Crippen LogP contribution in [0.3, 0.4) is 0 Å². The first-order chi connectivity index (χ1) is 14.3. The highest BCUT2D eigenvalue weighted by Gasteiger charge is 2.19. The van der Waals surface area contributed by atoms with E-state index < -0.39 is 0 Å². The van der Waals surface area contributed by atoms with Gasteiger partial charge in [0.05, 0.1) is 43.6 Å². The Morgan fingerprint density at radius 1 is 1.14 bits per heavy atom. The van der Waals surface area contributed by atoms with Crippen molar-refractivity contribution in [2.45, 2.75) is 12.8 Å². The molecule has 0 radical (unpaired) electrons. The van der Waals surface area contributed by atoms with Crippen LogP contribution in [0.2, 0.25) is 0 Å². The number of nitriles is 1. The van der Waals surface area contributed by atoms with E-state index in [2.05, 4.69) is 22.1 Å². The van der Waals surface area contributed by atoms with Crippen LogP contribution in [-0.2, 0) is 6.42 Å². The standard InChI is InChI=1S/C23H18N4O2/c1-28-21-10-19(16-6-4-15(11-24)5-7-16)22(27-14-25-13-20(21)27)18-9-17-3-2-8-29-23(17)26-12-18/h4-7,9-10,12-14H,2-3,8H2,1H3. The second-order valence-electron chi connectivity index (χ2n) is 6.95. The van der Waals surface area contributed by atoms with Crippen LogP contribution in [0, 0.1) is 11.3 Å². The number of pyridine rings is 2. The summed E-state index contributed by atoms with van der Waals surface area (Å²) >= 11 is 0. The number of nitrogens with zero attached hydrogens (tertiary/aromatic N) is 4. The minimum Gasteiger partial charge on any atom is -0.494 e. The normalized spacial score (nSPS) is 12.8. The van der Waals surface area contributed by atoms with E-state index in [1.807, 2.05) is 40.9 Å². The molecule has 0 spiro atoms. The zero-order chi connectivity index (χ0) is 19.8. The summed E-state index contributed by atoms with van der Waals surface area (Å²) in [5.41, 5.74) is 6.55. The minimum atomic E-state index is 0.624. The topological polar surface area (TPSA) is 72.4 Å². The van der Waals surface area contributed by atoms with Gasteiger partial charge in [-0.2, -0.15) is 5.26 Å². The summed E-state index contributed by atoms with van der Waals surface area (Å²) in [6.45, 7) is 0.712. The predicted molar refractivity (Wildman–Crippen MR) is 109 cm³/mol. The fourth-order valence-electron chi connectivity index (χ4n) is 3.83. The molecule has 0 atom stereocenters. The van der Waals surface area contributed by atoms with Crippen LogP contribution in [0.15, 0.2) is 55.1 Å². The number of benzene rings is 1. The van der Waals surface area contributed by atoms with E-state index >= 15 is 0 Å². The molecule has 0 bridgehead atoms. The van der Waals surface area contributed by atoms with Crippen molar-refractivity contribution in [1.29, 1.82) is 5.26 Å². The Labute approximate surface area is 168 Å². The average molecular weight is 382 g/mol. The van der Waals surface area contributed by atoms with Crippen molar-refractivity contribution in [3.8, 4) is 40.1 Å². The van der Waals surface area contributed by atoms with Gasteiger partial charge < -0.3 is 9.47 Å². The Morgan fingerprint density at radius 3 is 2.79 bits per heavy atom. The van der Waals surface area contributed by atoms with Gasteiger partial charge >= 0.3 is 0 Å². The van der Waals surface area contributed by atoms with Crippen molar-refractivity contribution >= 4 is 5.52 Å². The van der Waals surface area contributed by atoms with E-state index in [-0.39, 0.29) is 0 Å². The summed E-state index contributed by atoms with van der Waals surface area (Å²) in [5.74, 6) is 1.45. The zero-order valence-electron chi connectivity index (χ0n) is 15.9. The van der Waals surface area contributed by atoms with E-state index in [1.165, 1.54) is 0 Å². The Balaban J connectivity index is 1.79. The first-order valence-electron chi connectivity index (χ1n) is 9.44. The molecule has 0 fully saturated rings. The minimum absolute atomic E-state index is 0.624. The van der Waals surface area contributed by atoms with Crippen LogP contribution in [0.1, 0.15) is 17.5 Å². The highest BCUT2D eigenvalue weighted by Crippen LogP contribution is 2.38. The van der Waals surface area contributed by atoms with E-state index in [0.717, 1.165) is 57.9 Å². The molecular formula is C23H18N4O2. The summed E-state index contributed by atoms with van der Waals surface area (Å²) in [7, 11) is 1.66. The number of hydrogen-bond acceptors (Lipinski definition) is 5. The van der Waals surface area contributed by atoms with Crippen molar-refractivity contribution in [2.24, 2.45) is 0 Å². The van der Waals surface area contributed by atoms with Crippen molar-refractivity contribution in [3.63, 3.8) is 0 Å². The maximum atomic E-state index is 9.14. The average Bonchev–Trinajstić information content (AvgIpc) is 3.27. The number of methoxy groups -OCH3 is 1. The number of imidazole rings is 1. The number of aryl methyl sites for hydroxylation is 1. The van der Waals surface area contributed by atoms with Gasteiger partial charge in [-0.25, -0.2) is 9.97 Å². The predicted octanol–water partition coefficient (Wildman–Crippen LogP) is 4.27. The molecule has 1 aliphatic heterocycles. The lowest BCUT2D eigenvalue weighted by molar-refractivity contribution is 0.276. The molecule has 0 amide bonds. The molecule has 0 saturated carbocycles. The molecule has 3 aromatic heterocycles. The van der Waals surface area contributed by atoms with Crippen LogP contribution in [0.5, 0.6) is 11.6 Å². The van der Waals surface area contributed by atoms with Crippen molar-refractivity contribution in [2.75, 3.05) is 13.7 Å². The summed E-state index contributed by atoms with van der Waals surface area (Å²) in [4.78, 5) is 8.90. The Morgan fingerprint density at radius 2 is 2.00 bits per heavy atom. The van der Waals surface area contributed by atoms with E-state index in [4.69, 9.17) is 14.7 Å². The monoisotopic (exact) mass is 382 g/mol.